The number of nitrogens with zero attached hydrogens (tertiary/aromatic N) is 31. The third kappa shape index (κ3) is 36.1. The molecular weight excluding hydrogens is 1560 g/mol. The molecule has 630 valence electrons. The molecule has 21 rings (SSSR count). The van der Waals surface area contributed by atoms with Gasteiger partial charge >= 0.3 is 0 Å². The maximum Gasteiger partial charge on any atom is 0.246 e. The van der Waals surface area contributed by atoms with E-state index in [-0.39, 0.29) is 0 Å². The molecule has 0 fully saturated rings. The Morgan fingerprint density at radius 3 is 1.51 bits per heavy atom. The molecular formula is C82H94N32O8. The molecule has 0 aliphatic carbocycles. The van der Waals surface area contributed by atoms with Crippen LogP contribution in [-0.4, -0.2) is 175 Å². The van der Waals surface area contributed by atoms with E-state index in [0.29, 0.717) is 46.6 Å². The van der Waals surface area contributed by atoms with Crippen LogP contribution in [0.2, 0.25) is 0 Å². The van der Waals surface area contributed by atoms with Crippen LogP contribution >= 0.6 is 0 Å². The zero-order valence-corrected chi connectivity index (χ0v) is 70.8. The fourth-order valence-electron chi connectivity index (χ4n) is 8.96. The summed E-state index contributed by atoms with van der Waals surface area (Å²) in [7, 11) is 3.54. The molecule has 20 aromatic rings. The highest BCUT2D eigenvalue weighted by Gasteiger charge is 2.05. The quantitative estimate of drug-likeness (QED) is 0.159. The largest absolute Gasteiger partial charge is 0.479 e. The number of benzene rings is 2. The second-order valence-electron chi connectivity index (χ2n) is 24.6. The van der Waals surface area contributed by atoms with E-state index in [4.69, 9.17) is 35.7 Å². The number of tetrazole rings is 3. The van der Waals surface area contributed by atoms with Crippen LogP contribution in [0, 0.1) is 96.9 Å². The number of oxazole rings is 7. The first-order chi connectivity index (χ1) is 59.0. The number of hydrogen-bond acceptors (Lipinski definition) is 37. The fraction of sp³-hybridized carbons (Fsp3) is 0.256. The Balaban J connectivity index is 0.000000181. The molecule has 19 heterocycles. The van der Waals surface area contributed by atoms with Gasteiger partial charge in [0.2, 0.25) is 5.71 Å². The van der Waals surface area contributed by atoms with Gasteiger partial charge in [-0.05, 0) is 149 Å². The van der Waals surface area contributed by atoms with Gasteiger partial charge < -0.3 is 35.7 Å². The minimum atomic E-state index is 0.611. The average Bonchev–Trinajstić information content (AvgIpc) is 1.27. The fourth-order valence-corrected chi connectivity index (χ4v) is 8.96. The van der Waals surface area contributed by atoms with E-state index >= 15 is 0 Å². The molecule has 0 bridgehead atoms. The molecule has 0 unspecified atom stereocenters. The van der Waals surface area contributed by atoms with Gasteiger partial charge in [0, 0.05) is 142 Å². The van der Waals surface area contributed by atoms with Crippen molar-refractivity contribution in [2.75, 3.05) is 13.2 Å². The van der Waals surface area contributed by atoms with Crippen molar-refractivity contribution in [2.24, 2.45) is 19.1 Å². The second-order valence-corrected chi connectivity index (χ2v) is 24.6. The summed E-state index contributed by atoms with van der Waals surface area (Å²) in [6, 6.07) is 32.2. The smallest absolute Gasteiger partial charge is 0.246 e. The van der Waals surface area contributed by atoms with Gasteiger partial charge in [0.1, 0.15) is 58.4 Å². The molecule has 40 nitrogen and oxygen atoms in total. The summed E-state index contributed by atoms with van der Waals surface area (Å²) >= 11 is 0. The Hall–Kier alpha value is -15.9. The van der Waals surface area contributed by atoms with Gasteiger partial charge in [-0.15, -0.1) is 25.5 Å². The van der Waals surface area contributed by atoms with E-state index in [1.807, 2.05) is 174 Å². The van der Waals surface area contributed by atoms with Crippen molar-refractivity contribution in [3.8, 4) is 0 Å². The number of pyridine rings is 4. The van der Waals surface area contributed by atoms with Crippen molar-refractivity contribution in [2.45, 2.75) is 117 Å². The molecule has 0 atom stereocenters. The Labute approximate surface area is 700 Å². The van der Waals surface area contributed by atoms with Gasteiger partial charge in [0.25, 0.3) is 0 Å². The molecule has 0 saturated carbocycles. The summed E-state index contributed by atoms with van der Waals surface area (Å²) in [5.74, 6) is 8.73. The normalized spacial score (nSPS) is 10.3. The third-order valence-corrected chi connectivity index (χ3v) is 14.6. The second kappa shape index (κ2) is 51.9. The number of H-pyrrole nitrogens is 1. The van der Waals surface area contributed by atoms with Crippen LogP contribution in [0.25, 0.3) is 66.9 Å². The summed E-state index contributed by atoms with van der Waals surface area (Å²) < 4.78 is 42.6. The minimum absolute atomic E-state index is 0.611. The van der Waals surface area contributed by atoms with Crippen molar-refractivity contribution < 1.29 is 35.7 Å². The maximum atomic E-state index is 5.39. The maximum absolute atomic E-state index is 5.39. The lowest BCUT2D eigenvalue weighted by Crippen LogP contribution is -1.92. The Morgan fingerprint density at radius 1 is 0.410 bits per heavy atom. The molecule has 0 spiro atoms. The molecule has 0 radical (unpaired) electrons. The first-order valence-corrected chi connectivity index (χ1v) is 37.4. The van der Waals surface area contributed by atoms with Crippen molar-refractivity contribution in [1.29, 1.82) is 0 Å². The van der Waals surface area contributed by atoms with Gasteiger partial charge in [0.05, 0.1) is 43.6 Å². The van der Waals surface area contributed by atoms with Gasteiger partial charge in [-0.25, -0.2) is 64.5 Å². The van der Waals surface area contributed by atoms with E-state index in [1.54, 1.807) is 145 Å². The van der Waals surface area contributed by atoms with Gasteiger partial charge in [-0.2, -0.15) is 25.2 Å². The molecule has 122 heavy (non-hydrogen) atoms. The number of para-hydroxylation sites is 3. The zero-order valence-electron chi connectivity index (χ0n) is 70.8. The van der Waals surface area contributed by atoms with Crippen LogP contribution in [0.1, 0.15) is 101 Å². The number of rotatable bonds is 1. The van der Waals surface area contributed by atoms with Crippen molar-refractivity contribution in [3.63, 3.8) is 0 Å². The number of aliphatic imine (C=N–C) groups is 1. The van der Waals surface area contributed by atoms with Gasteiger partial charge in [0.15, 0.2) is 92.3 Å². The van der Waals surface area contributed by atoms with E-state index in [0.717, 1.165) is 133 Å². The highest BCUT2D eigenvalue weighted by molar-refractivity contribution is 5.76. The standard InChI is InChI=1S/C9H9NO.C8H7NO.4C7H6N2O.C6H8N2.3C5H6N2.C4H7NO.C4H5NO.2C3H6N4.C2H4N4/c1-6-4-3-5-8-9(6)11-7(2)10-8;1-6-9-7-4-2-3-5-8(7)10-6;1-5-9-6-4-8-3-2-7(6)10-5;1-5-9-6-2-3-8-4-7(6)10-5;1-5-9-7-6(10-5)3-2-4-8-7;1-5-9-6-3-2-4-8-7(6)10-5;1-2-6-4-3-5-7-8-6;1-5-4-6-2-3-7-5;1-5-2-3-6-4-7-5;1-5-6-3-2-4-7-5;2*1-4-5-2-3-6-4;1-3-4-5-6-7(3)2;1-3-4-6-7(2)5-3;1-2-3-5-6-4-2/h3-5H,1-2H3;2-5H,1H3;4*2-4H,1H3;3-5H,2H2,1H3;3*2-4H,1H3;2-3H2,1H3;2-3H,1H3;2*1-2H3;1H3,(H,3,4,5,6). The number of ether oxygens (including phenoxy) is 1. The van der Waals surface area contributed by atoms with E-state index in [1.165, 1.54) is 11.1 Å². The molecule has 0 saturated heterocycles. The number of aromatic nitrogens is 31. The molecule has 0 amide bonds. The molecule has 1 aliphatic heterocycles. The molecule has 1 aliphatic rings. The van der Waals surface area contributed by atoms with Crippen LogP contribution in [0.3, 0.4) is 0 Å². The first kappa shape index (κ1) is 93.2. The molecule has 2 aromatic carbocycles. The predicted octanol–water partition coefficient (Wildman–Crippen LogP) is 14.1. The number of aryl methyl sites for hydroxylation is 17. The van der Waals surface area contributed by atoms with Gasteiger partial charge in [-0.1, -0.05) is 36.4 Å². The van der Waals surface area contributed by atoms with E-state index in [9.17, 15) is 0 Å². The highest BCUT2D eigenvalue weighted by Crippen LogP contribution is 2.19. The van der Waals surface area contributed by atoms with Crippen molar-refractivity contribution in [3.05, 3.63) is 290 Å². The van der Waals surface area contributed by atoms with Crippen LogP contribution in [0.5, 0.6) is 0 Å². The zero-order chi connectivity index (χ0) is 87.6. The summed E-state index contributed by atoms with van der Waals surface area (Å²) in [6.45, 7) is 31.5. The van der Waals surface area contributed by atoms with Crippen LogP contribution in [0.4, 0.5) is 0 Å². The summed E-state index contributed by atoms with van der Waals surface area (Å²) in [5, 5.41) is 41.8. The highest BCUT2D eigenvalue weighted by atomic mass is 16.5. The molecule has 1 N–H and O–H groups in total. The van der Waals surface area contributed by atoms with E-state index < -0.39 is 0 Å². The topological polar surface area (TPSA) is 500 Å². The average molecular weight is 1660 g/mol. The Kier molecular flexibility index (Phi) is 39.7. The summed E-state index contributed by atoms with van der Waals surface area (Å²) in [5.41, 5.74) is 13.9. The minimum Gasteiger partial charge on any atom is -0.479 e. The Morgan fingerprint density at radius 2 is 1.03 bits per heavy atom. The van der Waals surface area contributed by atoms with Crippen LogP contribution in [-0.2, 0) is 25.3 Å². The number of nitrogens with one attached hydrogen (secondary N) is 1. The monoisotopic (exact) mass is 1650 g/mol. The Bertz CT molecular complexity index is 5460. The summed E-state index contributed by atoms with van der Waals surface area (Å²) in [6.07, 6.45) is 27.7. The molecule has 18 aromatic heterocycles. The predicted molar refractivity (Wildman–Crippen MR) is 451 cm³/mol. The van der Waals surface area contributed by atoms with Crippen LogP contribution < -0.4 is 0 Å². The van der Waals surface area contributed by atoms with Crippen LogP contribution in [0.15, 0.2) is 238 Å². The van der Waals surface area contributed by atoms with Crippen molar-refractivity contribution >= 4 is 72.8 Å². The number of fused-ring (bicyclic) bond motifs is 6. The SMILES string of the molecule is CC1=NCCO1.CCc1cccnn1.Cc1ccncn1.Cc1cnccn1.Cc1nc2cccc(C)c2o1.Cc1nc2ccccc2o1.Cc1nc2cccnc2o1.Cc1nc2ccncc2o1.Cc1nc2cnccc2o1.Cc1nc2ncccc2o1.Cc1ncccn1.Cc1ncco1.Cc1nn[nH]n1.Cc1nnn(C)n1.Cc1nnnn1C. The molecule has 40 heteroatoms. The first-order valence-electron chi connectivity index (χ1n) is 37.4. The lowest BCUT2D eigenvalue weighted by Gasteiger charge is -1.89. The number of hydrogen-bond donors (Lipinski definition) is 1. The lowest BCUT2D eigenvalue weighted by atomic mass is 10.2. The van der Waals surface area contributed by atoms with Crippen molar-refractivity contribution in [1.82, 2.24) is 156 Å². The van der Waals surface area contributed by atoms with Gasteiger partial charge in [-0.3, -0.25) is 24.9 Å². The number of aromatic amines is 1. The van der Waals surface area contributed by atoms with E-state index in [2.05, 4.69) is 158 Å². The third-order valence-electron chi connectivity index (χ3n) is 14.6. The summed E-state index contributed by atoms with van der Waals surface area (Å²) in [4.78, 5) is 72.6. The lowest BCUT2D eigenvalue weighted by molar-refractivity contribution is 0.345.